The molecule has 1 amide bonds. The van der Waals surface area contributed by atoms with Gasteiger partial charge in [0.25, 0.3) is 0 Å². The number of amides is 1. The van der Waals surface area contributed by atoms with E-state index in [1.54, 1.807) is 18.5 Å². The minimum absolute atomic E-state index is 0.0527. The third-order valence-corrected chi connectivity index (χ3v) is 5.10. The van der Waals surface area contributed by atoms with E-state index >= 15 is 0 Å². The second kappa shape index (κ2) is 7.68. The van der Waals surface area contributed by atoms with Crippen LogP contribution in [0.15, 0.2) is 36.0 Å². The van der Waals surface area contributed by atoms with Crippen molar-refractivity contribution >= 4 is 17.9 Å². The molecule has 0 bridgehead atoms. The molecule has 4 rings (SSSR count). The van der Waals surface area contributed by atoms with E-state index in [0.29, 0.717) is 49.4 Å². The Balaban J connectivity index is 1.42. The Hall–Kier alpha value is -3.41. The van der Waals surface area contributed by atoms with Gasteiger partial charge in [0.05, 0.1) is 12.2 Å². The Labute approximate surface area is 161 Å². The van der Waals surface area contributed by atoms with Gasteiger partial charge < -0.3 is 4.90 Å². The van der Waals surface area contributed by atoms with Gasteiger partial charge in [-0.2, -0.15) is 10.4 Å². The summed E-state index contributed by atoms with van der Waals surface area (Å²) in [6, 6.07) is 4.75. The molecule has 2 aliphatic rings. The average molecular weight is 379 g/mol. The summed E-state index contributed by atoms with van der Waals surface area (Å²) in [7, 11) is 0. The van der Waals surface area contributed by atoms with Gasteiger partial charge in [-0.1, -0.05) is 0 Å². The van der Waals surface area contributed by atoms with E-state index in [-0.39, 0.29) is 17.9 Å². The SMILES string of the molecule is N#Cc1cc(N2CCC(C(=O)N3N=CCC3c3cncc(F)c3)CC2)ncn1. The number of pyridine rings is 1. The molecule has 142 valence electrons. The summed E-state index contributed by atoms with van der Waals surface area (Å²) in [5.41, 5.74) is 0.967. The molecule has 0 saturated carbocycles. The van der Waals surface area contributed by atoms with E-state index in [0.717, 1.165) is 6.20 Å². The van der Waals surface area contributed by atoms with Crippen molar-refractivity contribution in [3.63, 3.8) is 0 Å². The van der Waals surface area contributed by atoms with Crippen LogP contribution >= 0.6 is 0 Å². The maximum atomic E-state index is 13.5. The number of rotatable bonds is 3. The summed E-state index contributed by atoms with van der Waals surface area (Å²) in [5.74, 6) is 0.0582. The first-order valence-electron chi connectivity index (χ1n) is 9.09. The molecular weight excluding hydrogens is 361 g/mol. The standard InChI is InChI=1S/C19H18FN7O/c20-15-7-14(10-22-11-15)17-1-4-25-27(17)19(28)13-2-5-26(6-3-13)18-8-16(9-21)23-12-24-18/h4,7-8,10-13,17H,1-3,5-6H2. The van der Waals surface area contributed by atoms with Gasteiger partial charge in [0.2, 0.25) is 5.91 Å². The maximum Gasteiger partial charge on any atom is 0.246 e. The Bertz CT molecular complexity index is 949. The Morgan fingerprint density at radius 2 is 2.04 bits per heavy atom. The van der Waals surface area contributed by atoms with Crippen molar-refractivity contribution in [1.29, 1.82) is 5.26 Å². The molecule has 1 unspecified atom stereocenters. The minimum atomic E-state index is -0.424. The second-order valence-corrected chi connectivity index (χ2v) is 6.80. The maximum absolute atomic E-state index is 13.5. The molecule has 1 atom stereocenters. The van der Waals surface area contributed by atoms with Gasteiger partial charge >= 0.3 is 0 Å². The van der Waals surface area contributed by atoms with Crippen LogP contribution in [0, 0.1) is 23.1 Å². The predicted octanol–water partition coefficient (Wildman–Crippen LogP) is 2.06. The van der Waals surface area contributed by atoms with Crippen molar-refractivity contribution in [2.45, 2.75) is 25.3 Å². The van der Waals surface area contributed by atoms with Gasteiger partial charge in [-0.25, -0.2) is 19.4 Å². The van der Waals surface area contributed by atoms with Crippen molar-refractivity contribution in [3.8, 4) is 6.07 Å². The van der Waals surface area contributed by atoms with Crippen LogP contribution in [-0.4, -0.2) is 45.2 Å². The molecule has 4 heterocycles. The van der Waals surface area contributed by atoms with Crippen LogP contribution in [0.5, 0.6) is 0 Å². The van der Waals surface area contributed by atoms with E-state index in [4.69, 9.17) is 5.26 Å². The predicted molar refractivity (Wildman–Crippen MR) is 98.6 cm³/mol. The van der Waals surface area contributed by atoms with Crippen LogP contribution in [0.3, 0.4) is 0 Å². The average Bonchev–Trinajstić information content (AvgIpc) is 3.23. The van der Waals surface area contributed by atoms with Crippen LogP contribution in [0.1, 0.15) is 36.6 Å². The van der Waals surface area contributed by atoms with Crippen LogP contribution < -0.4 is 4.90 Å². The second-order valence-electron chi connectivity index (χ2n) is 6.80. The normalized spacial score (nSPS) is 19.6. The zero-order valence-corrected chi connectivity index (χ0v) is 15.1. The van der Waals surface area contributed by atoms with Crippen molar-refractivity contribution < 1.29 is 9.18 Å². The number of hydrogen-bond donors (Lipinski definition) is 0. The molecule has 0 spiro atoms. The van der Waals surface area contributed by atoms with E-state index in [2.05, 4.69) is 20.1 Å². The monoisotopic (exact) mass is 379 g/mol. The van der Waals surface area contributed by atoms with Crippen molar-refractivity contribution in [2.24, 2.45) is 11.0 Å². The summed E-state index contributed by atoms with van der Waals surface area (Å²) in [6.45, 7) is 1.31. The fourth-order valence-electron chi connectivity index (χ4n) is 3.64. The number of carbonyl (C=O) groups excluding carboxylic acids is 1. The number of anilines is 1. The number of hydrogen-bond acceptors (Lipinski definition) is 7. The summed E-state index contributed by atoms with van der Waals surface area (Å²) in [6.07, 6.45) is 7.65. The lowest BCUT2D eigenvalue weighted by molar-refractivity contribution is -0.138. The van der Waals surface area contributed by atoms with Gasteiger partial charge in [0.15, 0.2) is 0 Å². The first-order valence-corrected chi connectivity index (χ1v) is 9.09. The molecule has 8 nitrogen and oxygen atoms in total. The van der Waals surface area contributed by atoms with E-state index < -0.39 is 5.82 Å². The van der Waals surface area contributed by atoms with Gasteiger partial charge in [0, 0.05) is 43.9 Å². The molecule has 2 aromatic rings. The molecular formula is C19H18FN7O. The number of hydrazone groups is 1. The van der Waals surface area contributed by atoms with Gasteiger partial charge in [-0.05, 0) is 24.5 Å². The fraction of sp³-hybridized carbons (Fsp3) is 0.368. The summed E-state index contributed by atoms with van der Waals surface area (Å²) in [5, 5.41) is 14.7. The van der Waals surface area contributed by atoms with Crippen LogP contribution in [0.25, 0.3) is 0 Å². The van der Waals surface area contributed by atoms with E-state index in [1.807, 2.05) is 11.0 Å². The lowest BCUT2D eigenvalue weighted by Gasteiger charge is -2.34. The number of nitrogens with zero attached hydrogens (tertiary/aromatic N) is 7. The lowest BCUT2D eigenvalue weighted by atomic mass is 9.94. The Morgan fingerprint density at radius 3 is 2.79 bits per heavy atom. The van der Waals surface area contributed by atoms with Crippen molar-refractivity contribution in [1.82, 2.24) is 20.0 Å². The molecule has 2 aromatic heterocycles. The largest absolute Gasteiger partial charge is 0.356 e. The number of nitriles is 1. The summed E-state index contributed by atoms with van der Waals surface area (Å²) >= 11 is 0. The van der Waals surface area contributed by atoms with Crippen LogP contribution in [0.4, 0.5) is 10.2 Å². The highest BCUT2D eigenvalue weighted by Crippen LogP contribution is 2.32. The quantitative estimate of drug-likeness (QED) is 0.810. The van der Waals surface area contributed by atoms with Gasteiger partial charge in [-0.3, -0.25) is 9.78 Å². The Kier molecular flexibility index (Phi) is 4.93. The lowest BCUT2D eigenvalue weighted by Crippen LogP contribution is -2.41. The molecule has 0 aromatic carbocycles. The molecule has 0 radical (unpaired) electrons. The van der Waals surface area contributed by atoms with Crippen molar-refractivity contribution in [2.75, 3.05) is 18.0 Å². The zero-order chi connectivity index (χ0) is 19.5. The molecule has 2 aliphatic heterocycles. The highest BCUT2D eigenvalue weighted by molar-refractivity contribution is 5.82. The van der Waals surface area contributed by atoms with Crippen molar-refractivity contribution in [3.05, 3.63) is 47.9 Å². The van der Waals surface area contributed by atoms with Crippen LogP contribution in [-0.2, 0) is 4.79 Å². The topological polar surface area (TPSA) is 98.4 Å². The molecule has 0 aliphatic carbocycles. The van der Waals surface area contributed by atoms with E-state index in [9.17, 15) is 9.18 Å². The van der Waals surface area contributed by atoms with E-state index in [1.165, 1.54) is 17.4 Å². The number of piperidine rings is 1. The highest BCUT2D eigenvalue weighted by Gasteiger charge is 2.35. The number of aromatic nitrogens is 3. The number of carbonyl (C=O) groups is 1. The zero-order valence-electron chi connectivity index (χ0n) is 15.1. The molecule has 9 heteroatoms. The molecule has 1 fully saturated rings. The molecule has 0 N–H and O–H groups in total. The first-order chi connectivity index (χ1) is 13.7. The third-order valence-electron chi connectivity index (χ3n) is 5.10. The Morgan fingerprint density at radius 1 is 1.21 bits per heavy atom. The van der Waals surface area contributed by atoms with Gasteiger partial charge in [-0.15, -0.1) is 0 Å². The minimum Gasteiger partial charge on any atom is -0.356 e. The smallest absolute Gasteiger partial charge is 0.246 e. The third kappa shape index (κ3) is 3.53. The van der Waals surface area contributed by atoms with Crippen LogP contribution in [0.2, 0.25) is 0 Å². The summed E-state index contributed by atoms with van der Waals surface area (Å²) < 4.78 is 13.5. The molecule has 28 heavy (non-hydrogen) atoms. The van der Waals surface area contributed by atoms with Gasteiger partial charge in [0.1, 0.15) is 29.7 Å². The summed E-state index contributed by atoms with van der Waals surface area (Å²) in [4.78, 5) is 27.1. The highest BCUT2D eigenvalue weighted by atomic mass is 19.1. The molecule has 1 saturated heterocycles. The first kappa shape index (κ1) is 18.0. The fourth-order valence-corrected chi connectivity index (χ4v) is 3.64. The number of halogens is 1.